The van der Waals surface area contributed by atoms with Crippen LogP contribution in [0, 0.1) is 6.92 Å². The van der Waals surface area contributed by atoms with Gasteiger partial charge < -0.3 is 14.3 Å². The molecule has 0 fully saturated rings. The minimum Gasteiger partial charge on any atom is -0.361 e. The first kappa shape index (κ1) is 18.0. The zero-order valence-corrected chi connectivity index (χ0v) is 15.8. The van der Waals surface area contributed by atoms with Crippen LogP contribution in [0.1, 0.15) is 43.9 Å². The lowest BCUT2D eigenvalue weighted by Crippen LogP contribution is -2.41. The highest BCUT2D eigenvalue weighted by molar-refractivity contribution is 5.93. The van der Waals surface area contributed by atoms with Crippen molar-refractivity contribution in [3.8, 4) is 0 Å². The third-order valence-corrected chi connectivity index (χ3v) is 5.11. The Morgan fingerprint density at radius 1 is 1.29 bits per heavy atom. The van der Waals surface area contributed by atoms with Gasteiger partial charge in [-0.3, -0.25) is 14.7 Å². The first-order valence-electron chi connectivity index (χ1n) is 9.11. The number of aromatic amines is 1. The number of H-pyrrole nitrogens is 1. The lowest BCUT2D eigenvalue weighted by atomic mass is 9.98. The monoisotopic (exact) mass is 379 g/mol. The molecule has 2 aromatic heterocycles. The first-order valence-corrected chi connectivity index (χ1v) is 9.11. The van der Waals surface area contributed by atoms with Gasteiger partial charge in [-0.15, -0.1) is 0 Å². The molecule has 144 valence electrons. The number of amides is 2. The van der Waals surface area contributed by atoms with Gasteiger partial charge in [0.15, 0.2) is 5.69 Å². The summed E-state index contributed by atoms with van der Waals surface area (Å²) >= 11 is 0. The Morgan fingerprint density at radius 2 is 2.11 bits per heavy atom. The summed E-state index contributed by atoms with van der Waals surface area (Å²) in [5.41, 5.74) is 2.87. The Labute approximate surface area is 162 Å². The van der Waals surface area contributed by atoms with Gasteiger partial charge in [-0.05, 0) is 30.5 Å². The van der Waals surface area contributed by atoms with E-state index in [1.807, 2.05) is 24.3 Å². The fourth-order valence-electron chi connectivity index (χ4n) is 3.59. The summed E-state index contributed by atoms with van der Waals surface area (Å²) in [4.78, 5) is 29.3. The Kier molecular flexibility index (Phi) is 4.68. The lowest BCUT2D eigenvalue weighted by molar-refractivity contribution is 0.0607. The Bertz CT molecular complexity index is 995. The summed E-state index contributed by atoms with van der Waals surface area (Å²) in [7, 11) is 1.75. The Morgan fingerprint density at radius 3 is 2.82 bits per heavy atom. The maximum absolute atomic E-state index is 13.0. The van der Waals surface area contributed by atoms with Gasteiger partial charge in [-0.2, -0.15) is 5.10 Å². The van der Waals surface area contributed by atoms with Crippen LogP contribution in [0.3, 0.4) is 0 Å². The summed E-state index contributed by atoms with van der Waals surface area (Å²) in [5, 5.41) is 10.4. The largest absolute Gasteiger partial charge is 0.361 e. The van der Waals surface area contributed by atoms with Gasteiger partial charge in [0.1, 0.15) is 11.5 Å². The fraction of sp³-hybridized carbons (Fsp3) is 0.300. The summed E-state index contributed by atoms with van der Waals surface area (Å²) in [5.74, 6) is 0.213. The maximum Gasteiger partial charge on any atom is 0.276 e. The number of benzene rings is 1. The molecule has 0 radical (unpaired) electrons. The zero-order valence-electron chi connectivity index (χ0n) is 15.8. The van der Waals surface area contributed by atoms with E-state index in [1.54, 1.807) is 42.1 Å². The zero-order chi connectivity index (χ0) is 19.7. The minimum absolute atomic E-state index is 0.177. The van der Waals surface area contributed by atoms with Crippen LogP contribution in [-0.4, -0.2) is 57.1 Å². The lowest BCUT2D eigenvalue weighted by Gasteiger charge is -2.31. The standard InChI is InChI=1S/C20H21N5O3/c1-13-11-17(23-28-13)20(27)25-10-8-14-5-3-4-6-15(14)18(12-25)24(2)19(26)16-7-9-21-22-16/h3-7,9,11,18H,8,10,12H2,1-2H3,(H,21,22). The molecule has 1 aromatic carbocycles. The molecule has 1 unspecified atom stereocenters. The van der Waals surface area contributed by atoms with Gasteiger partial charge >= 0.3 is 0 Å². The number of carbonyl (C=O) groups is 2. The molecule has 0 aliphatic carbocycles. The predicted octanol–water partition coefficient (Wildman–Crippen LogP) is 2.22. The fourth-order valence-corrected chi connectivity index (χ4v) is 3.59. The minimum atomic E-state index is -0.286. The van der Waals surface area contributed by atoms with Gasteiger partial charge in [0.25, 0.3) is 11.8 Å². The second kappa shape index (κ2) is 7.30. The Balaban J connectivity index is 1.66. The molecule has 8 heteroatoms. The highest BCUT2D eigenvalue weighted by atomic mass is 16.5. The Hall–Kier alpha value is -3.42. The number of hydrogen-bond donors (Lipinski definition) is 1. The van der Waals surface area contributed by atoms with Gasteiger partial charge in [0.05, 0.1) is 6.04 Å². The summed E-state index contributed by atoms with van der Waals surface area (Å²) in [6, 6.07) is 11.0. The number of likely N-dealkylation sites (N-methyl/N-ethyl adjacent to an activating group) is 1. The average Bonchev–Trinajstić information content (AvgIpc) is 3.35. The van der Waals surface area contributed by atoms with Crippen molar-refractivity contribution in [2.45, 2.75) is 19.4 Å². The third kappa shape index (κ3) is 3.28. The second-order valence-electron chi connectivity index (χ2n) is 6.92. The molecule has 3 heterocycles. The van der Waals surface area contributed by atoms with Gasteiger partial charge in [0, 0.05) is 32.4 Å². The average molecular weight is 379 g/mol. The number of rotatable bonds is 3. The molecule has 1 aliphatic rings. The molecule has 3 aromatic rings. The second-order valence-corrected chi connectivity index (χ2v) is 6.92. The van der Waals surface area contributed by atoms with E-state index in [0.717, 1.165) is 11.1 Å². The van der Waals surface area contributed by atoms with Gasteiger partial charge in [-0.1, -0.05) is 29.4 Å². The van der Waals surface area contributed by atoms with E-state index >= 15 is 0 Å². The van der Waals surface area contributed by atoms with Gasteiger partial charge in [-0.25, -0.2) is 0 Å². The van der Waals surface area contributed by atoms with Crippen molar-refractivity contribution >= 4 is 11.8 Å². The number of nitrogens with zero attached hydrogens (tertiary/aromatic N) is 4. The highest BCUT2D eigenvalue weighted by Gasteiger charge is 2.32. The van der Waals surface area contributed by atoms with Crippen molar-refractivity contribution in [3.63, 3.8) is 0 Å². The molecule has 28 heavy (non-hydrogen) atoms. The highest BCUT2D eigenvalue weighted by Crippen LogP contribution is 2.29. The van der Waals surface area contributed by atoms with E-state index in [2.05, 4.69) is 15.4 Å². The molecule has 8 nitrogen and oxygen atoms in total. The van der Waals surface area contributed by atoms with Crippen molar-refractivity contribution < 1.29 is 14.1 Å². The summed E-state index contributed by atoms with van der Waals surface area (Å²) in [6.07, 6.45) is 2.26. The number of nitrogens with one attached hydrogen (secondary N) is 1. The van der Waals surface area contributed by atoms with E-state index in [1.165, 1.54) is 0 Å². The van der Waals surface area contributed by atoms with Crippen molar-refractivity contribution in [1.82, 2.24) is 25.2 Å². The summed E-state index contributed by atoms with van der Waals surface area (Å²) < 4.78 is 5.06. The van der Waals surface area contributed by atoms with E-state index in [9.17, 15) is 9.59 Å². The number of aromatic nitrogens is 3. The van der Waals surface area contributed by atoms with Crippen LogP contribution in [0.15, 0.2) is 47.1 Å². The quantitative estimate of drug-likeness (QED) is 0.753. The molecule has 0 spiro atoms. The number of carbonyl (C=O) groups excluding carboxylic acids is 2. The molecule has 4 rings (SSSR count). The SMILES string of the molecule is Cc1cc(C(=O)N2CCc3ccccc3C(N(C)C(=O)c3ccn[nH]3)C2)no1. The van der Waals surface area contributed by atoms with Gasteiger partial charge in [0.2, 0.25) is 0 Å². The summed E-state index contributed by atoms with van der Waals surface area (Å²) in [6.45, 7) is 2.67. The van der Waals surface area contributed by atoms with Crippen LogP contribution in [0.4, 0.5) is 0 Å². The van der Waals surface area contributed by atoms with Crippen LogP contribution in [-0.2, 0) is 6.42 Å². The maximum atomic E-state index is 13.0. The number of hydrogen-bond acceptors (Lipinski definition) is 5. The molecule has 1 atom stereocenters. The number of aryl methyl sites for hydroxylation is 1. The third-order valence-electron chi connectivity index (χ3n) is 5.11. The number of fused-ring (bicyclic) bond motifs is 1. The van der Waals surface area contributed by atoms with Crippen LogP contribution in [0.5, 0.6) is 0 Å². The molecule has 0 bridgehead atoms. The first-order chi connectivity index (χ1) is 13.5. The molecule has 2 amide bonds. The van der Waals surface area contributed by atoms with E-state index < -0.39 is 0 Å². The van der Waals surface area contributed by atoms with E-state index in [4.69, 9.17) is 4.52 Å². The molecular weight excluding hydrogens is 358 g/mol. The smallest absolute Gasteiger partial charge is 0.276 e. The van der Waals surface area contributed by atoms with Crippen molar-refractivity contribution in [1.29, 1.82) is 0 Å². The van der Waals surface area contributed by atoms with Crippen LogP contribution >= 0.6 is 0 Å². The van der Waals surface area contributed by atoms with Crippen molar-refractivity contribution in [2.75, 3.05) is 20.1 Å². The van der Waals surface area contributed by atoms with Crippen molar-refractivity contribution in [2.24, 2.45) is 0 Å². The van der Waals surface area contributed by atoms with Crippen LogP contribution in [0.2, 0.25) is 0 Å². The molecule has 1 aliphatic heterocycles. The predicted molar refractivity (Wildman–Crippen MR) is 101 cm³/mol. The molecule has 0 saturated carbocycles. The molecule has 1 N–H and O–H groups in total. The van der Waals surface area contributed by atoms with E-state index in [0.29, 0.717) is 31.0 Å². The molecular formula is C20H21N5O3. The topological polar surface area (TPSA) is 95.3 Å². The van der Waals surface area contributed by atoms with Crippen LogP contribution < -0.4 is 0 Å². The van der Waals surface area contributed by atoms with Crippen molar-refractivity contribution in [3.05, 3.63) is 70.9 Å². The van der Waals surface area contributed by atoms with Crippen LogP contribution in [0.25, 0.3) is 0 Å². The van der Waals surface area contributed by atoms with E-state index in [-0.39, 0.29) is 23.6 Å². The normalized spacial score (nSPS) is 16.4. The molecule has 0 saturated heterocycles.